The summed E-state index contributed by atoms with van der Waals surface area (Å²) in [4.78, 5) is 25.1. The van der Waals surface area contributed by atoms with E-state index in [0.717, 1.165) is 5.56 Å². The summed E-state index contributed by atoms with van der Waals surface area (Å²) in [6.45, 7) is 3.14. The number of nitrogens with one attached hydrogen (secondary N) is 1. The van der Waals surface area contributed by atoms with E-state index in [9.17, 15) is 18.0 Å². The zero-order valence-electron chi connectivity index (χ0n) is 16.6. The maximum absolute atomic E-state index is 13.5. The zero-order valence-corrected chi connectivity index (χ0v) is 17.4. The topological polar surface area (TPSA) is 103 Å². The van der Waals surface area contributed by atoms with Crippen LogP contribution in [0.1, 0.15) is 42.6 Å². The molecule has 2 aromatic rings. The third-order valence-corrected chi connectivity index (χ3v) is 7.93. The van der Waals surface area contributed by atoms with Crippen LogP contribution in [0.2, 0.25) is 0 Å². The molecule has 0 unspecified atom stereocenters. The molecule has 1 amide bonds. The van der Waals surface area contributed by atoms with Crippen molar-refractivity contribution in [2.45, 2.75) is 55.7 Å². The summed E-state index contributed by atoms with van der Waals surface area (Å²) in [5.74, 6) is -0.814. The first-order valence-corrected chi connectivity index (χ1v) is 11.0. The van der Waals surface area contributed by atoms with Crippen LogP contribution in [-0.2, 0) is 30.7 Å². The molecule has 8 heteroatoms. The van der Waals surface area contributed by atoms with Crippen molar-refractivity contribution in [3.63, 3.8) is 0 Å². The van der Waals surface area contributed by atoms with E-state index in [4.69, 9.17) is 9.15 Å². The van der Waals surface area contributed by atoms with E-state index in [1.807, 2.05) is 13.0 Å². The predicted molar refractivity (Wildman–Crippen MR) is 106 cm³/mol. The largest absolute Gasteiger partial charge is 0.467 e. The highest BCUT2D eigenvalue weighted by Crippen LogP contribution is 2.42. The van der Waals surface area contributed by atoms with Crippen molar-refractivity contribution in [3.05, 3.63) is 53.5 Å². The molecule has 7 nitrogen and oxygen atoms in total. The number of furan rings is 1. The minimum atomic E-state index is -3.97. The molecule has 1 N–H and O–H groups in total. The molecule has 0 spiro atoms. The molecule has 1 aromatic heterocycles. The number of carbonyl (C=O) groups is 2. The fraction of sp³-hybridized carbons (Fsp3) is 0.429. The Morgan fingerprint density at radius 2 is 1.90 bits per heavy atom. The van der Waals surface area contributed by atoms with Crippen molar-refractivity contribution in [1.29, 1.82) is 0 Å². The lowest BCUT2D eigenvalue weighted by atomic mass is 10.1. The second-order valence-electron chi connectivity index (χ2n) is 7.41. The quantitative estimate of drug-likeness (QED) is 0.693. The van der Waals surface area contributed by atoms with E-state index in [1.54, 1.807) is 31.2 Å². The highest BCUT2D eigenvalue weighted by molar-refractivity contribution is 7.93. The normalized spacial score (nSPS) is 15.8. The second-order valence-corrected chi connectivity index (χ2v) is 9.63. The summed E-state index contributed by atoms with van der Waals surface area (Å²) in [6, 6.07) is 8.56. The van der Waals surface area contributed by atoms with Crippen molar-refractivity contribution >= 4 is 21.7 Å². The lowest BCUT2D eigenvalue weighted by Gasteiger charge is -2.27. The summed E-state index contributed by atoms with van der Waals surface area (Å²) in [7, 11) is -3.97. The van der Waals surface area contributed by atoms with Gasteiger partial charge >= 0.3 is 5.97 Å². The predicted octanol–water partition coefficient (Wildman–Crippen LogP) is 2.84. The maximum atomic E-state index is 13.5. The van der Waals surface area contributed by atoms with Gasteiger partial charge in [0.2, 0.25) is 0 Å². The summed E-state index contributed by atoms with van der Waals surface area (Å²) in [5, 5.41) is 2.57. The van der Waals surface area contributed by atoms with Crippen LogP contribution in [0.5, 0.6) is 0 Å². The van der Waals surface area contributed by atoms with Crippen molar-refractivity contribution in [2.24, 2.45) is 0 Å². The van der Waals surface area contributed by atoms with Gasteiger partial charge in [-0.05, 0) is 56.0 Å². The molecule has 0 bridgehead atoms. The Hall–Kier alpha value is -2.61. The smallest absolute Gasteiger partial charge is 0.328 e. The van der Waals surface area contributed by atoms with E-state index < -0.39 is 33.1 Å². The molecule has 3 rings (SSSR count). The highest BCUT2D eigenvalue weighted by Gasteiger charge is 2.54. The molecule has 1 aliphatic rings. The van der Waals surface area contributed by atoms with Gasteiger partial charge in [-0.15, -0.1) is 0 Å². The Kier molecular flexibility index (Phi) is 6.12. The molecule has 29 heavy (non-hydrogen) atoms. The van der Waals surface area contributed by atoms with Gasteiger partial charge in [0.1, 0.15) is 5.76 Å². The van der Waals surface area contributed by atoms with Gasteiger partial charge in [-0.2, -0.15) is 0 Å². The van der Waals surface area contributed by atoms with Crippen LogP contribution >= 0.6 is 0 Å². The molecule has 0 aliphatic heterocycles. The average Bonchev–Trinajstić information content (AvgIpc) is 3.38. The molecule has 1 aromatic carbocycles. The molecular formula is C21H25NO6S. The third kappa shape index (κ3) is 4.22. The zero-order chi connectivity index (χ0) is 21.1. The molecule has 1 saturated carbocycles. The number of carbonyl (C=O) groups excluding carboxylic acids is 2. The molecular weight excluding hydrogens is 394 g/mol. The van der Waals surface area contributed by atoms with Gasteiger partial charge in [0, 0.05) is 0 Å². The first-order valence-electron chi connectivity index (χ1n) is 9.54. The fourth-order valence-corrected chi connectivity index (χ4v) is 6.01. The van der Waals surface area contributed by atoms with E-state index in [2.05, 4.69) is 5.32 Å². The Morgan fingerprint density at radius 3 is 2.55 bits per heavy atom. The first-order chi connectivity index (χ1) is 13.8. The summed E-state index contributed by atoms with van der Waals surface area (Å²) >= 11 is 0. The number of benzene rings is 1. The van der Waals surface area contributed by atoms with E-state index >= 15 is 0 Å². The molecule has 1 heterocycles. The first kappa shape index (κ1) is 21.1. The van der Waals surface area contributed by atoms with Crippen LogP contribution in [0.4, 0.5) is 0 Å². The fourth-order valence-electron chi connectivity index (χ4n) is 3.65. The number of amides is 1. The molecule has 156 valence electrons. The molecule has 0 saturated heterocycles. The Balaban J connectivity index is 1.75. The van der Waals surface area contributed by atoms with Gasteiger partial charge in [-0.1, -0.05) is 25.0 Å². The Bertz CT molecular complexity index is 988. The van der Waals surface area contributed by atoms with E-state index in [-0.39, 0.29) is 24.3 Å². The van der Waals surface area contributed by atoms with Gasteiger partial charge in [0.05, 0.1) is 17.7 Å². The standard InChI is InChI=1S/C21H25NO6S/c1-15-7-8-16(2)18(12-15)29(25,26)21(9-3-4-10-21)20(24)28-14-19(23)22-13-17-6-5-11-27-17/h5-8,11-12H,3-4,9-10,13-14H2,1-2H3,(H,22,23). The Labute approximate surface area is 170 Å². The molecule has 0 radical (unpaired) electrons. The van der Waals surface area contributed by atoms with Gasteiger partial charge in [-0.3, -0.25) is 9.59 Å². The number of rotatable bonds is 7. The van der Waals surface area contributed by atoms with Crippen LogP contribution in [0.15, 0.2) is 45.9 Å². The summed E-state index contributed by atoms with van der Waals surface area (Å²) in [6.07, 6.45) is 3.10. The van der Waals surface area contributed by atoms with Crippen LogP contribution in [0.25, 0.3) is 0 Å². The van der Waals surface area contributed by atoms with Crippen LogP contribution in [-0.4, -0.2) is 31.6 Å². The van der Waals surface area contributed by atoms with Crippen LogP contribution < -0.4 is 5.32 Å². The Morgan fingerprint density at radius 1 is 1.17 bits per heavy atom. The maximum Gasteiger partial charge on any atom is 0.328 e. The lowest BCUT2D eigenvalue weighted by Crippen LogP contribution is -2.46. The lowest BCUT2D eigenvalue weighted by molar-refractivity contribution is -0.151. The van der Waals surface area contributed by atoms with E-state index in [0.29, 0.717) is 24.2 Å². The number of aryl methyl sites for hydroxylation is 2. The molecule has 1 fully saturated rings. The highest BCUT2D eigenvalue weighted by atomic mass is 32.2. The van der Waals surface area contributed by atoms with Gasteiger partial charge < -0.3 is 14.5 Å². The minimum Gasteiger partial charge on any atom is -0.467 e. The van der Waals surface area contributed by atoms with Crippen molar-refractivity contribution in [2.75, 3.05) is 6.61 Å². The number of ether oxygens (including phenoxy) is 1. The second kappa shape index (κ2) is 8.41. The number of hydrogen-bond donors (Lipinski definition) is 1. The van der Waals surface area contributed by atoms with Gasteiger partial charge in [0.15, 0.2) is 21.2 Å². The van der Waals surface area contributed by atoms with E-state index in [1.165, 1.54) is 6.26 Å². The molecule has 0 atom stereocenters. The average molecular weight is 419 g/mol. The molecule has 1 aliphatic carbocycles. The van der Waals surface area contributed by atoms with Crippen LogP contribution in [0, 0.1) is 13.8 Å². The number of esters is 1. The number of hydrogen-bond acceptors (Lipinski definition) is 6. The summed E-state index contributed by atoms with van der Waals surface area (Å²) in [5.41, 5.74) is 1.39. The van der Waals surface area contributed by atoms with Gasteiger partial charge in [0.25, 0.3) is 5.91 Å². The monoisotopic (exact) mass is 419 g/mol. The number of sulfone groups is 1. The van der Waals surface area contributed by atoms with Crippen molar-refractivity contribution in [3.8, 4) is 0 Å². The SMILES string of the molecule is Cc1ccc(C)c(S(=O)(=O)C2(C(=O)OCC(=O)NCc3ccco3)CCCC2)c1. The van der Waals surface area contributed by atoms with Crippen molar-refractivity contribution in [1.82, 2.24) is 5.32 Å². The third-order valence-electron chi connectivity index (χ3n) is 5.31. The van der Waals surface area contributed by atoms with Gasteiger partial charge in [-0.25, -0.2) is 8.42 Å². The summed E-state index contributed by atoms with van der Waals surface area (Å²) < 4.78 is 35.6. The minimum absolute atomic E-state index is 0.152. The van der Waals surface area contributed by atoms with Crippen LogP contribution in [0.3, 0.4) is 0 Å². The van der Waals surface area contributed by atoms with Crippen molar-refractivity contribution < 1.29 is 27.2 Å².